The predicted molar refractivity (Wildman–Crippen MR) is 175 cm³/mol. The fourth-order valence-corrected chi connectivity index (χ4v) is 7.18. The first-order valence-electron chi connectivity index (χ1n) is 15.9. The van der Waals surface area contributed by atoms with Gasteiger partial charge in [-0.1, -0.05) is 6.07 Å². The van der Waals surface area contributed by atoms with Crippen molar-refractivity contribution in [1.29, 1.82) is 0 Å². The molecule has 0 aliphatic carbocycles. The molecule has 4 aromatic carbocycles. The fraction of sp³-hybridized carbons (Fsp3) is 0.368. The van der Waals surface area contributed by atoms with Crippen LogP contribution in [0.4, 0.5) is 0 Å². The van der Waals surface area contributed by atoms with E-state index < -0.39 is 0 Å². The van der Waals surface area contributed by atoms with Gasteiger partial charge in [-0.3, -0.25) is 0 Å². The zero-order valence-corrected chi connectivity index (χ0v) is 29.7. The van der Waals surface area contributed by atoms with Crippen molar-refractivity contribution in [2.75, 3.05) is 40.3 Å². The van der Waals surface area contributed by atoms with E-state index in [0.717, 1.165) is 51.9 Å². The third kappa shape index (κ3) is 10.2. The van der Waals surface area contributed by atoms with Gasteiger partial charge in [0.25, 0.3) is 0 Å². The van der Waals surface area contributed by atoms with Crippen LogP contribution in [0.5, 0.6) is 0 Å². The maximum absolute atomic E-state index is 3.98. The Morgan fingerprint density at radius 2 is 1.04 bits per heavy atom. The first-order valence-corrected chi connectivity index (χ1v) is 16.7. The Hall–Kier alpha value is -1.99. The van der Waals surface area contributed by atoms with Crippen molar-refractivity contribution in [2.45, 2.75) is 47.7 Å². The third-order valence-electron chi connectivity index (χ3n) is 9.23. The summed E-state index contributed by atoms with van der Waals surface area (Å²) in [6.45, 7) is 3.93. The second-order valence-corrected chi connectivity index (χ2v) is 13.3. The second-order valence-electron chi connectivity index (χ2n) is 12.0. The summed E-state index contributed by atoms with van der Waals surface area (Å²) in [5, 5.41) is 7.95. The smallest absolute Gasteiger partial charge is 1.00 e. The monoisotopic (exact) mass is 677 g/mol. The number of hydrogen-bond acceptors (Lipinski definition) is 4. The normalized spacial score (nSPS) is 24.6. The summed E-state index contributed by atoms with van der Waals surface area (Å²) in [4.78, 5) is 5.19. The van der Waals surface area contributed by atoms with E-state index in [1.165, 1.54) is 22.3 Å². The quantitative estimate of drug-likeness (QED) is 0.319. The van der Waals surface area contributed by atoms with Crippen LogP contribution >= 0.6 is 0 Å². The molecule has 0 amide bonds. The van der Waals surface area contributed by atoms with Gasteiger partial charge in [-0.05, 0) is 0 Å². The van der Waals surface area contributed by atoms with E-state index in [1.807, 2.05) is 0 Å². The number of halogens is 2. The van der Waals surface area contributed by atoms with Gasteiger partial charge in [-0.15, -0.1) is 0 Å². The summed E-state index contributed by atoms with van der Waals surface area (Å²) in [5.41, 5.74) is 5.52. The van der Waals surface area contributed by atoms with Crippen molar-refractivity contribution in [3.05, 3.63) is 144 Å². The minimum absolute atomic E-state index is 0. The maximum Gasteiger partial charge on any atom is -1.00 e. The first kappa shape index (κ1) is 37.5. The predicted octanol–water partition coefficient (Wildman–Crippen LogP) is 1.23. The van der Waals surface area contributed by atoms with Crippen LogP contribution in [0.3, 0.4) is 0 Å². The van der Waals surface area contributed by atoms with Crippen LogP contribution in [0.25, 0.3) is 0 Å². The Kier molecular flexibility index (Phi) is 15.8. The van der Waals surface area contributed by atoms with Gasteiger partial charge in [0.2, 0.25) is 0 Å². The summed E-state index contributed by atoms with van der Waals surface area (Å²) >= 11 is 2.43. The van der Waals surface area contributed by atoms with Crippen molar-refractivity contribution in [1.82, 2.24) is 20.4 Å². The molecule has 4 atom stereocenters. The van der Waals surface area contributed by atoms with E-state index in [4.69, 9.17) is 0 Å². The molecule has 0 radical (unpaired) electrons. The van der Waals surface area contributed by atoms with E-state index in [1.54, 1.807) is 0 Å². The Labute approximate surface area is 295 Å². The van der Waals surface area contributed by atoms with Crippen molar-refractivity contribution in [2.24, 2.45) is 0 Å². The fourth-order valence-electron chi connectivity index (χ4n) is 6.55. The molecule has 7 heteroatoms. The molecule has 0 bridgehead atoms. The number of nitrogens with one attached hydrogen (secondary N) is 2. The molecule has 0 aromatic heterocycles. The molecule has 1 saturated heterocycles. The molecule has 1 heterocycles. The van der Waals surface area contributed by atoms with Crippen LogP contribution in [0.2, 0.25) is 0 Å². The maximum atomic E-state index is 3.98. The summed E-state index contributed by atoms with van der Waals surface area (Å²) in [5.74, 6) is 0. The Morgan fingerprint density at radius 3 is 1.60 bits per heavy atom. The van der Waals surface area contributed by atoms with Crippen LogP contribution in [0.15, 0.2) is 121 Å². The zero-order valence-electron chi connectivity index (χ0n) is 26.6. The van der Waals surface area contributed by atoms with Crippen molar-refractivity contribution in [3.8, 4) is 0 Å². The minimum Gasteiger partial charge on any atom is -1.00 e. The minimum atomic E-state index is -0.0803. The molecule has 5 rings (SSSR count). The van der Waals surface area contributed by atoms with Gasteiger partial charge in [0.1, 0.15) is 0 Å². The number of benzene rings is 4. The molecule has 1 aliphatic heterocycles. The van der Waals surface area contributed by atoms with Crippen molar-refractivity contribution in [3.63, 3.8) is 0 Å². The summed E-state index contributed by atoms with van der Waals surface area (Å²) in [6, 6.07) is 45.2. The van der Waals surface area contributed by atoms with E-state index >= 15 is 0 Å². The summed E-state index contributed by atoms with van der Waals surface area (Å²) in [6.07, 6.45) is 4.20. The van der Waals surface area contributed by atoms with E-state index in [0.29, 0.717) is 18.1 Å². The standard InChI is InChI=1S/C38H47N4.2ClH.Ti/c1-41-29-25-36(32-17-9-4-10-18-32)39-27-23-35(31-15-7-3-8-16-31)40-28-24-37(33-19-11-5-12-20-33)42(2)30-26-38(41)34-21-13-6-14-22-34;;;/h3-22,35-36,38-40H,23-30H2,1-2H3;2*1H;/q;;;+2/p-2. The molecule has 1 fully saturated rings. The van der Waals surface area contributed by atoms with Gasteiger partial charge >= 0.3 is 266 Å². The Morgan fingerprint density at radius 1 is 0.578 bits per heavy atom. The van der Waals surface area contributed by atoms with Crippen molar-refractivity contribution >= 4 is 0 Å². The molecule has 0 saturated carbocycles. The molecule has 237 valence electrons. The first-order chi connectivity index (χ1) is 21.0. The zero-order chi connectivity index (χ0) is 29.9. The van der Waals surface area contributed by atoms with Gasteiger partial charge in [-0.25, -0.2) is 0 Å². The second kappa shape index (κ2) is 19.0. The van der Waals surface area contributed by atoms with Crippen molar-refractivity contribution < 1.29 is 45.2 Å². The number of rotatable bonds is 4. The van der Waals surface area contributed by atoms with Gasteiger partial charge in [0.05, 0.1) is 0 Å². The number of nitrogens with zero attached hydrogens (tertiary/aromatic N) is 2. The SMILES string of the molecule is CN1CCC(c2ccccc2)NCCC(c2ccccc2)NCC[C]([Ti+2])(c2ccccc2)N(C)CCC1c1ccccc1.[Cl-].[Cl-]. The summed E-state index contributed by atoms with van der Waals surface area (Å²) < 4.78 is -0.0803. The van der Waals surface area contributed by atoms with Crippen LogP contribution in [0.1, 0.15) is 66.1 Å². The molecule has 4 nitrogen and oxygen atoms in total. The molecule has 4 unspecified atom stereocenters. The Balaban J connectivity index is 0.00000276. The van der Waals surface area contributed by atoms with E-state index in [2.05, 4.69) is 176 Å². The molecule has 45 heavy (non-hydrogen) atoms. The molecule has 1 aliphatic rings. The number of hydrogen-bond donors (Lipinski definition) is 2. The van der Waals surface area contributed by atoms with E-state index in [9.17, 15) is 0 Å². The van der Waals surface area contributed by atoms with Crippen LogP contribution < -0.4 is 35.4 Å². The molecular weight excluding hydrogens is 631 g/mol. The molecule has 4 aromatic rings. The molecule has 2 N–H and O–H groups in total. The van der Waals surface area contributed by atoms with Gasteiger partial charge in [0.15, 0.2) is 0 Å². The van der Waals surface area contributed by atoms with Gasteiger partial charge < -0.3 is 24.8 Å². The Bertz CT molecular complexity index is 1350. The largest absolute Gasteiger partial charge is 1.00 e. The van der Waals surface area contributed by atoms with Crippen LogP contribution in [0, 0.1) is 0 Å². The average molecular weight is 679 g/mol. The average Bonchev–Trinajstić information content (AvgIpc) is 3.06. The van der Waals surface area contributed by atoms with Gasteiger partial charge in [-0.2, -0.15) is 0 Å². The third-order valence-corrected chi connectivity index (χ3v) is 10.7. The molecular formula is C38H47Cl2N4Ti. The van der Waals surface area contributed by atoms with E-state index in [-0.39, 0.29) is 28.7 Å². The molecule has 0 spiro atoms. The van der Waals surface area contributed by atoms with Crippen LogP contribution in [-0.2, 0) is 24.3 Å². The summed E-state index contributed by atoms with van der Waals surface area (Å²) in [7, 11) is 4.64. The van der Waals surface area contributed by atoms with Gasteiger partial charge in [0, 0.05) is 0 Å². The van der Waals surface area contributed by atoms with Crippen LogP contribution in [-0.4, -0.2) is 50.1 Å². The topological polar surface area (TPSA) is 30.5 Å².